The number of nitrogen functional groups attached to an aromatic ring is 1. The first-order chi connectivity index (χ1) is 9.04. The summed E-state index contributed by atoms with van der Waals surface area (Å²) in [6, 6.07) is 0.314. The maximum Gasteiger partial charge on any atom is 0.345 e. The van der Waals surface area contributed by atoms with Crippen molar-refractivity contribution < 1.29 is 9.53 Å². The van der Waals surface area contributed by atoms with Gasteiger partial charge in [-0.25, -0.2) is 4.79 Å². The maximum atomic E-state index is 12.0. The molecule has 1 aliphatic rings. The van der Waals surface area contributed by atoms with Gasteiger partial charge in [0.2, 0.25) is 0 Å². The molecule has 6 heteroatoms. The third-order valence-corrected chi connectivity index (χ3v) is 4.12. The summed E-state index contributed by atoms with van der Waals surface area (Å²) in [5.41, 5.74) is 6.26. The average molecular weight is 283 g/mol. The Hall–Kier alpha value is -1.30. The number of carbonyl (C=O) groups excluding carboxylic acids is 1. The van der Waals surface area contributed by atoms with Crippen LogP contribution < -0.4 is 10.6 Å². The van der Waals surface area contributed by atoms with Crippen molar-refractivity contribution in [3.63, 3.8) is 0 Å². The van der Waals surface area contributed by atoms with E-state index in [2.05, 4.69) is 23.1 Å². The fourth-order valence-corrected chi connectivity index (χ4v) is 2.94. The highest BCUT2D eigenvalue weighted by atomic mass is 32.1. The van der Waals surface area contributed by atoms with Crippen molar-refractivity contribution in [2.45, 2.75) is 39.7 Å². The molecule has 0 spiro atoms. The van der Waals surface area contributed by atoms with E-state index in [1.54, 1.807) is 6.92 Å². The molecule has 1 aliphatic carbocycles. The van der Waals surface area contributed by atoms with Crippen LogP contribution >= 0.6 is 11.5 Å². The molecule has 1 saturated carbocycles. The van der Waals surface area contributed by atoms with Gasteiger partial charge in [0.1, 0.15) is 10.6 Å². The highest BCUT2D eigenvalue weighted by molar-refractivity contribution is 7.11. The molecule has 1 heterocycles. The van der Waals surface area contributed by atoms with Crippen LogP contribution in [0.15, 0.2) is 0 Å². The van der Waals surface area contributed by atoms with Crippen LogP contribution in [0, 0.1) is 5.92 Å². The topological polar surface area (TPSA) is 68.5 Å². The van der Waals surface area contributed by atoms with Crippen molar-refractivity contribution in [1.29, 1.82) is 0 Å². The van der Waals surface area contributed by atoms with Gasteiger partial charge in [-0.05, 0) is 51.1 Å². The normalized spacial score (nSPS) is 14.7. The van der Waals surface area contributed by atoms with Gasteiger partial charge in [-0.1, -0.05) is 0 Å². The van der Waals surface area contributed by atoms with E-state index in [0.29, 0.717) is 18.2 Å². The number of carbonyl (C=O) groups is 1. The van der Waals surface area contributed by atoms with Crippen molar-refractivity contribution >= 4 is 28.3 Å². The Bertz CT molecular complexity index is 455. The second-order valence-corrected chi connectivity index (χ2v) is 5.91. The van der Waals surface area contributed by atoms with E-state index < -0.39 is 0 Å². The first-order valence-corrected chi connectivity index (χ1v) is 7.50. The first kappa shape index (κ1) is 14.1. The van der Waals surface area contributed by atoms with Crippen LogP contribution in [0.3, 0.4) is 0 Å². The quantitative estimate of drug-likeness (QED) is 0.812. The summed E-state index contributed by atoms with van der Waals surface area (Å²) >= 11 is 1.29. The highest BCUT2D eigenvalue weighted by Gasteiger charge is 2.30. The van der Waals surface area contributed by atoms with E-state index in [0.717, 1.165) is 17.5 Å². The fraction of sp³-hybridized carbons (Fsp3) is 0.692. The third-order valence-electron chi connectivity index (χ3n) is 3.22. The van der Waals surface area contributed by atoms with Crippen molar-refractivity contribution in [1.82, 2.24) is 4.37 Å². The van der Waals surface area contributed by atoms with Crippen molar-refractivity contribution in [3.8, 4) is 0 Å². The van der Waals surface area contributed by atoms with E-state index in [1.807, 2.05) is 0 Å². The van der Waals surface area contributed by atoms with Crippen LogP contribution in [0.1, 0.15) is 44.0 Å². The van der Waals surface area contributed by atoms with Gasteiger partial charge in [0.15, 0.2) is 5.82 Å². The third kappa shape index (κ3) is 3.18. The van der Waals surface area contributed by atoms with Crippen molar-refractivity contribution in [3.05, 3.63) is 5.56 Å². The van der Waals surface area contributed by atoms with E-state index in [1.165, 1.54) is 24.4 Å². The molecule has 0 radical (unpaired) electrons. The molecule has 0 unspecified atom stereocenters. The zero-order valence-corrected chi connectivity index (χ0v) is 12.5. The zero-order chi connectivity index (χ0) is 14.0. The number of nitrogens with zero attached hydrogens (tertiary/aromatic N) is 2. The van der Waals surface area contributed by atoms with Crippen LogP contribution in [0.5, 0.6) is 0 Å². The number of aromatic nitrogens is 1. The molecular weight excluding hydrogens is 262 g/mol. The lowest BCUT2D eigenvalue weighted by atomic mass is 10.2. The molecule has 1 aromatic heterocycles. The molecule has 0 saturated heterocycles. The van der Waals surface area contributed by atoms with E-state index >= 15 is 0 Å². The molecule has 0 bridgehead atoms. The lowest BCUT2D eigenvalue weighted by Crippen LogP contribution is -2.33. The molecule has 0 atom stereocenters. The minimum Gasteiger partial charge on any atom is -0.462 e. The number of anilines is 2. The smallest absolute Gasteiger partial charge is 0.345 e. The van der Waals surface area contributed by atoms with Crippen molar-refractivity contribution in [2.24, 2.45) is 5.92 Å². The molecule has 0 aromatic carbocycles. The van der Waals surface area contributed by atoms with Crippen molar-refractivity contribution in [2.75, 3.05) is 23.8 Å². The minimum absolute atomic E-state index is 0.278. The molecule has 1 aromatic rings. The van der Waals surface area contributed by atoms with Gasteiger partial charge in [-0.15, -0.1) is 0 Å². The highest BCUT2D eigenvalue weighted by Crippen LogP contribution is 2.37. The largest absolute Gasteiger partial charge is 0.462 e. The summed E-state index contributed by atoms with van der Waals surface area (Å²) < 4.78 is 9.21. The number of hydrogen-bond acceptors (Lipinski definition) is 6. The molecule has 5 nitrogen and oxygen atoms in total. The molecular formula is C13H21N3O2S. The van der Waals surface area contributed by atoms with E-state index in [-0.39, 0.29) is 11.8 Å². The van der Waals surface area contributed by atoms with Gasteiger partial charge in [0.05, 0.1) is 6.61 Å². The molecule has 106 valence electrons. The van der Waals surface area contributed by atoms with Crippen LogP contribution in [0.4, 0.5) is 10.8 Å². The van der Waals surface area contributed by atoms with Crippen LogP contribution in [-0.4, -0.2) is 29.5 Å². The Balaban J connectivity index is 2.28. The summed E-state index contributed by atoms with van der Waals surface area (Å²) in [6.07, 6.45) is 2.54. The molecule has 0 aliphatic heterocycles. The Morgan fingerprint density at radius 1 is 1.58 bits per heavy atom. The van der Waals surface area contributed by atoms with Gasteiger partial charge in [0, 0.05) is 12.6 Å². The summed E-state index contributed by atoms with van der Waals surface area (Å²) in [4.78, 5) is 14.2. The fourth-order valence-electron chi connectivity index (χ4n) is 1.99. The van der Waals surface area contributed by atoms with E-state index in [4.69, 9.17) is 10.5 Å². The lowest BCUT2D eigenvalue weighted by molar-refractivity contribution is 0.0528. The average Bonchev–Trinajstić information content (AvgIpc) is 3.08. The number of hydrogen-bond donors (Lipinski definition) is 1. The second-order valence-electron chi connectivity index (χ2n) is 5.16. The Morgan fingerprint density at radius 2 is 2.26 bits per heavy atom. The number of ether oxygens (including phenoxy) is 1. The van der Waals surface area contributed by atoms with Crippen LogP contribution in [0.25, 0.3) is 0 Å². The SMILES string of the molecule is CCOC(=O)c1c(N)nsc1N(CC1CC1)C(C)C. The van der Waals surface area contributed by atoms with Crippen LogP contribution in [0.2, 0.25) is 0 Å². The number of rotatable bonds is 6. The second kappa shape index (κ2) is 5.77. The summed E-state index contributed by atoms with van der Waals surface area (Å²) in [6.45, 7) is 7.34. The monoisotopic (exact) mass is 283 g/mol. The predicted molar refractivity (Wildman–Crippen MR) is 77.7 cm³/mol. The first-order valence-electron chi connectivity index (χ1n) is 6.73. The zero-order valence-electron chi connectivity index (χ0n) is 11.7. The van der Waals surface area contributed by atoms with Crippen LogP contribution in [-0.2, 0) is 4.74 Å². The van der Waals surface area contributed by atoms with Gasteiger partial charge in [-0.3, -0.25) is 0 Å². The van der Waals surface area contributed by atoms with Gasteiger partial charge < -0.3 is 15.4 Å². The molecule has 19 heavy (non-hydrogen) atoms. The molecule has 1 fully saturated rings. The van der Waals surface area contributed by atoms with Gasteiger partial charge in [0.25, 0.3) is 0 Å². The summed E-state index contributed by atoms with van der Waals surface area (Å²) in [5, 5.41) is 0.845. The summed E-state index contributed by atoms with van der Waals surface area (Å²) in [5.74, 6) is 0.644. The molecule has 2 N–H and O–H groups in total. The Labute approximate surface area is 117 Å². The molecule has 2 rings (SSSR count). The Kier molecular flexibility index (Phi) is 4.29. The summed E-state index contributed by atoms with van der Waals surface area (Å²) in [7, 11) is 0. The molecule has 0 amide bonds. The van der Waals surface area contributed by atoms with Gasteiger partial charge >= 0.3 is 5.97 Å². The minimum atomic E-state index is -0.370. The standard InChI is InChI=1S/C13H21N3O2S/c1-4-18-13(17)10-11(14)15-19-12(10)16(8(2)3)7-9-5-6-9/h8-9H,4-7H2,1-3H3,(H2,14,15). The maximum absolute atomic E-state index is 12.0. The predicted octanol–water partition coefficient (Wildman–Crippen LogP) is 2.53. The lowest BCUT2D eigenvalue weighted by Gasteiger charge is -2.27. The number of nitrogens with two attached hydrogens (primary N) is 1. The van der Waals surface area contributed by atoms with Gasteiger partial charge in [-0.2, -0.15) is 4.37 Å². The van der Waals surface area contributed by atoms with E-state index in [9.17, 15) is 4.79 Å². The Morgan fingerprint density at radius 3 is 2.79 bits per heavy atom. The number of esters is 1.